The van der Waals surface area contributed by atoms with Gasteiger partial charge in [-0.15, -0.1) is 0 Å². The first-order valence-corrected chi connectivity index (χ1v) is 33.4. The average Bonchev–Trinajstić information content (AvgIpc) is 3.51. The van der Waals surface area contributed by atoms with Gasteiger partial charge in [-0.3, -0.25) is 9.59 Å². The second-order valence-electron chi connectivity index (χ2n) is 23.2. The molecular weight excluding hydrogens is 991 g/mol. The minimum atomic E-state index is -1.62. The average molecular weight is 1120 g/mol. The molecule has 0 bridgehead atoms. The molecule has 0 aliphatic carbocycles. The first kappa shape index (κ1) is 74.6. The van der Waals surface area contributed by atoms with Gasteiger partial charge in [-0.05, 0) is 44.9 Å². The van der Waals surface area contributed by atoms with Gasteiger partial charge in [0.1, 0.15) is 24.4 Å². The Balaban J connectivity index is 2.56. The zero-order valence-electron chi connectivity index (χ0n) is 51.2. The molecule has 0 aromatic rings. The van der Waals surface area contributed by atoms with Crippen LogP contribution in [0.2, 0.25) is 0 Å². The summed E-state index contributed by atoms with van der Waals surface area (Å²) in [6.07, 6.45) is 58.9. The summed E-state index contributed by atoms with van der Waals surface area (Å²) in [4.78, 5) is 26.6. The van der Waals surface area contributed by atoms with Gasteiger partial charge in [-0.2, -0.15) is 0 Å². The lowest BCUT2D eigenvalue weighted by atomic mass is 9.99. The van der Waals surface area contributed by atoms with Crippen LogP contribution in [0.3, 0.4) is 0 Å². The van der Waals surface area contributed by atoms with Crippen molar-refractivity contribution in [2.24, 2.45) is 0 Å². The molecule has 0 aromatic heterocycles. The molecule has 6 N–H and O–H groups in total. The van der Waals surface area contributed by atoms with Crippen LogP contribution < -0.4 is 5.32 Å². The molecule has 1 saturated heterocycles. The molecule has 0 saturated carbocycles. The third kappa shape index (κ3) is 43.9. The number of carbonyl (C=O) groups excluding carboxylic acids is 2. The Morgan fingerprint density at radius 1 is 0.506 bits per heavy atom. The number of hydrogen-bond acceptors (Lipinski definition) is 10. The molecule has 0 spiro atoms. The molecule has 11 nitrogen and oxygen atoms in total. The fourth-order valence-electron chi connectivity index (χ4n) is 10.5. The van der Waals surface area contributed by atoms with E-state index in [0.717, 1.165) is 70.6 Å². The molecule has 79 heavy (non-hydrogen) atoms. The van der Waals surface area contributed by atoms with Gasteiger partial charge in [-0.25, -0.2) is 0 Å². The largest absolute Gasteiger partial charge is 0.454 e. The van der Waals surface area contributed by atoms with E-state index in [-0.39, 0.29) is 19.4 Å². The Bertz CT molecular complexity index is 1470. The highest BCUT2D eigenvalue weighted by Crippen LogP contribution is 2.26. The maximum Gasteiger partial charge on any atom is 0.306 e. The van der Waals surface area contributed by atoms with Crippen LogP contribution in [0.15, 0.2) is 48.6 Å². The van der Waals surface area contributed by atoms with Crippen LogP contribution in [0, 0.1) is 0 Å². The molecule has 1 aliphatic heterocycles. The number of rotatable bonds is 57. The first-order chi connectivity index (χ1) is 38.7. The zero-order valence-corrected chi connectivity index (χ0v) is 51.2. The van der Waals surface area contributed by atoms with Gasteiger partial charge in [0.25, 0.3) is 0 Å². The van der Waals surface area contributed by atoms with Gasteiger partial charge in [0.15, 0.2) is 12.4 Å². The summed E-state index contributed by atoms with van der Waals surface area (Å²) in [6.45, 7) is 5.67. The molecule has 1 fully saturated rings. The number of carbonyl (C=O) groups is 2. The van der Waals surface area contributed by atoms with E-state index in [1.54, 1.807) is 6.08 Å². The Labute approximate surface area is 485 Å². The summed E-state index contributed by atoms with van der Waals surface area (Å²) >= 11 is 0. The van der Waals surface area contributed by atoms with E-state index in [2.05, 4.69) is 38.2 Å². The van der Waals surface area contributed by atoms with E-state index in [4.69, 9.17) is 14.2 Å². The molecule has 1 amide bonds. The number of aliphatic hydroxyl groups is 5. The van der Waals surface area contributed by atoms with Crippen molar-refractivity contribution in [2.45, 2.75) is 359 Å². The summed E-state index contributed by atoms with van der Waals surface area (Å²) in [5, 5.41) is 57.0. The third-order valence-electron chi connectivity index (χ3n) is 15.8. The van der Waals surface area contributed by atoms with Crippen LogP contribution in [-0.4, -0.2) is 99.6 Å². The van der Waals surface area contributed by atoms with Crippen molar-refractivity contribution in [3.8, 4) is 0 Å². The van der Waals surface area contributed by atoms with E-state index in [0.29, 0.717) is 12.8 Å². The van der Waals surface area contributed by atoms with Gasteiger partial charge in [0, 0.05) is 6.42 Å². The molecule has 0 radical (unpaired) electrons. The van der Waals surface area contributed by atoms with Crippen LogP contribution in [0.1, 0.15) is 310 Å². The van der Waals surface area contributed by atoms with Crippen LogP contribution in [0.25, 0.3) is 0 Å². The molecule has 0 aromatic carbocycles. The number of unbranched alkanes of at least 4 members (excludes halogenated alkanes) is 39. The van der Waals surface area contributed by atoms with E-state index in [1.807, 2.05) is 30.4 Å². The number of aliphatic hydroxyl groups excluding tert-OH is 5. The second kappa shape index (κ2) is 56.1. The van der Waals surface area contributed by atoms with Crippen molar-refractivity contribution in [2.75, 3.05) is 13.2 Å². The van der Waals surface area contributed by atoms with Gasteiger partial charge < -0.3 is 45.1 Å². The van der Waals surface area contributed by atoms with Crippen LogP contribution in [0.4, 0.5) is 0 Å². The SMILES string of the molecule is CC/C=C/C=C/C=C\CCCCCCC(O)C(=O)NC(COC1OC(CO)C(O)C(O)C1OC(=O)CCCCCCCCCCCCCCCCCCCCCCCCCCC)C(O)/C=C/CCCCCCCCCCCCC. The number of allylic oxidation sites excluding steroid dienone is 7. The molecule has 462 valence electrons. The van der Waals surface area contributed by atoms with Crippen molar-refractivity contribution in [3.05, 3.63) is 48.6 Å². The number of ether oxygens (including phenoxy) is 3. The predicted octanol–water partition coefficient (Wildman–Crippen LogP) is 16.4. The lowest BCUT2D eigenvalue weighted by molar-refractivity contribution is -0.305. The maximum atomic E-state index is 13.4. The zero-order chi connectivity index (χ0) is 57.5. The van der Waals surface area contributed by atoms with Crippen molar-refractivity contribution < 1.29 is 49.3 Å². The van der Waals surface area contributed by atoms with Gasteiger partial charge in [-0.1, -0.05) is 307 Å². The molecule has 1 rings (SSSR count). The highest BCUT2D eigenvalue weighted by Gasteiger charge is 2.47. The summed E-state index contributed by atoms with van der Waals surface area (Å²) in [5.41, 5.74) is 0. The lowest BCUT2D eigenvalue weighted by Gasteiger charge is -2.41. The fourth-order valence-corrected chi connectivity index (χ4v) is 10.5. The van der Waals surface area contributed by atoms with Gasteiger partial charge in [0.2, 0.25) is 5.91 Å². The Morgan fingerprint density at radius 2 is 0.911 bits per heavy atom. The maximum absolute atomic E-state index is 13.4. The number of esters is 1. The van der Waals surface area contributed by atoms with Gasteiger partial charge >= 0.3 is 5.97 Å². The predicted molar refractivity (Wildman–Crippen MR) is 329 cm³/mol. The first-order valence-electron chi connectivity index (χ1n) is 33.4. The molecule has 11 heteroatoms. The fraction of sp³-hybridized carbons (Fsp3) is 0.853. The van der Waals surface area contributed by atoms with Crippen LogP contribution in [-0.2, 0) is 23.8 Å². The highest BCUT2D eigenvalue weighted by molar-refractivity contribution is 5.80. The molecule has 1 heterocycles. The minimum absolute atomic E-state index is 0.125. The monoisotopic (exact) mass is 1120 g/mol. The minimum Gasteiger partial charge on any atom is -0.454 e. The number of nitrogens with one attached hydrogen (secondary N) is 1. The standard InChI is InChI=1S/C68H125NO10/c1-4-7-10-13-16-19-22-25-26-27-28-29-30-31-32-33-34-35-36-38-41-44-47-50-53-56-63(73)79-66-65(75)64(74)62(57-70)78-68(66)77-58-59(60(71)54-51-48-45-42-40-37-23-20-17-14-11-8-5-2)69-67(76)61(72)55-52-49-46-43-39-24-21-18-15-12-9-6-3/h9,12,15,18,21,24,51,54,59-62,64-66,68,70-72,74-75H,4-8,10-11,13-14,16-17,19-20,22-23,25-50,52-53,55-58H2,1-3H3,(H,69,76)/b12-9+,18-15+,24-21-,54-51+. The molecule has 8 unspecified atom stereocenters. The van der Waals surface area contributed by atoms with Crippen molar-refractivity contribution in [1.82, 2.24) is 5.32 Å². The lowest BCUT2D eigenvalue weighted by Crippen LogP contribution is -2.61. The summed E-state index contributed by atoms with van der Waals surface area (Å²) in [5.74, 6) is -1.21. The molecule has 8 atom stereocenters. The van der Waals surface area contributed by atoms with Crippen molar-refractivity contribution >= 4 is 11.9 Å². The Kier molecular flexibility index (Phi) is 53.0. The van der Waals surface area contributed by atoms with E-state index in [1.165, 1.54) is 193 Å². The van der Waals surface area contributed by atoms with Crippen molar-refractivity contribution in [3.63, 3.8) is 0 Å². The van der Waals surface area contributed by atoms with Crippen LogP contribution in [0.5, 0.6) is 0 Å². The van der Waals surface area contributed by atoms with E-state index < -0.39 is 67.4 Å². The quantitative estimate of drug-likeness (QED) is 0.0149. The Hall–Kier alpha value is -2.38. The summed E-state index contributed by atoms with van der Waals surface area (Å²) < 4.78 is 17.6. The highest BCUT2D eigenvalue weighted by atomic mass is 16.7. The second-order valence-corrected chi connectivity index (χ2v) is 23.2. The molecular formula is C68H125NO10. The molecule has 1 aliphatic rings. The van der Waals surface area contributed by atoms with E-state index in [9.17, 15) is 35.1 Å². The third-order valence-corrected chi connectivity index (χ3v) is 15.8. The smallest absolute Gasteiger partial charge is 0.306 e. The Morgan fingerprint density at radius 3 is 1.35 bits per heavy atom. The summed E-state index contributed by atoms with van der Waals surface area (Å²) in [6, 6.07) is -1.03. The van der Waals surface area contributed by atoms with Crippen LogP contribution >= 0.6 is 0 Å². The normalized spacial score (nSPS) is 19.1. The van der Waals surface area contributed by atoms with Crippen molar-refractivity contribution in [1.29, 1.82) is 0 Å². The topological polar surface area (TPSA) is 175 Å². The number of amides is 1. The van der Waals surface area contributed by atoms with Gasteiger partial charge in [0.05, 0.1) is 25.4 Å². The number of hydrogen-bond donors (Lipinski definition) is 6. The summed E-state index contributed by atoms with van der Waals surface area (Å²) in [7, 11) is 0. The van der Waals surface area contributed by atoms with E-state index >= 15 is 0 Å².